The largest absolute Gasteiger partial charge is 0.487 e. The molecular formula is C12H17NOS. The van der Waals surface area contributed by atoms with Gasteiger partial charge >= 0.3 is 0 Å². The number of hydrogen-bond acceptors (Lipinski definition) is 3. The van der Waals surface area contributed by atoms with E-state index < -0.39 is 0 Å². The molecule has 0 fully saturated rings. The Labute approximate surface area is 95.2 Å². The minimum absolute atomic E-state index is 0.163. The summed E-state index contributed by atoms with van der Waals surface area (Å²) in [6.07, 6.45) is 2.32. The summed E-state index contributed by atoms with van der Waals surface area (Å²) < 4.78 is 5.90. The second-order valence-electron chi connectivity index (χ2n) is 3.87. The van der Waals surface area contributed by atoms with Gasteiger partial charge in [0.2, 0.25) is 0 Å². The van der Waals surface area contributed by atoms with E-state index >= 15 is 0 Å². The molecule has 3 heteroatoms. The van der Waals surface area contributed by atoms with Crippen LogP contribution >= 0.6 is 11.8 Å². The van der Waals surface area contributed by atoms with E-state index in [9.17, 15) is 0 Å². The molecule has 0 amide bonds. The van der Waals surface area contributed by atoms with Crippen molar-refractivity contribution in [3.63, 3.8) is 0 Å². The fourth-order valence-corrected chi connectivity index (χ4v) is 2.86. The van der Waals surface area contributed by atoms with Gasteiger partial charge in [0, 0.05) is 16.7 Å². The first-order valence-corrected chi connectivity index (χ1v) is 6.44. The predicted molar refractivity (Wildman–Crippen MR) is 64.5 cm³/mol. The molecule has 0 spiro atoms. The van der Waals surface area contributed by atoms with E-state index in [-0.39, 0.29) is 12.1 Å². The third-order valence-corrected chi connectivity index (χ3v) is 3.77. The van der Waals surface area contributed by atoms with Crippen LogP contribution in [0.2, 0.25) is 0 Å². The lowest BCUT2D eigenvalue weighted by Gasteiger charge is -2.29. The van der Waals surface area contributed by atoms with Crippen molar-refractivity contribution >= 4 is 11.8 Å². The normalized spacial score (nSPS) is 21.6. The lowest BCUT2D eigenvalue weighted by Crippen LogP contribution is -2.41. The zero-order valence-corrected chi connectivity index (χ0v) is 9.80. The molecule has 2 atom stereocenters. The summed E-state index contributed by atoms with van der Waals surface area (Å²) in [6.45, 7) is 2.16. The smallest absolute Gasteiger partial charge is 0.133 e. The van der Waals surface area contributed by atoms with E-state index in [1.54, 1.807) is 0 Å². The second kappa shape index (κ2) is 4.90. The Morgan fingerprint density at radius 1 is 1.53 bits per heavy atom. The third kappa shape index (κ3) is 2.47. The molecule has 1 aliphatic rings. The van der Waals surface area contributed by atoms with Crippen molar-refractivity contribution in [2.45, 2.75) is 36.8 Å². The number of benzene rings is 1. The van der Waals surface area contributed by atoms with Gasteiger partial charge in [-0.3, -0.25) is 0 Å². The molecule has 0 aliphatic carbocycles. The molecule has 1 aromatic carbocycles. The number of para-hydroxylation sites is 1. The quantitative estimate of drug-likeness (QED) is 0.855. The molecule has 1 aromatic rings. The Morgan fingerprint density at radius 2 is 2.33 bits per heavy atom. The van der Waals surface area contributed by atoms with Crippen LogP contribution in [0, 0.1) is 0 Å². The van der Waals surface area contributed by atoms with Gasteiger partial charge in [-0.2, -0.15) is 0 Å². The summed E-state index contributed by atoms with van der Waals surface area (Å²) in [5, 5.41) is 0. The minimum Gasteiger partial charge on any atom is -0.487 e. The van der Waals surface area contributed by atoms with Crippen molar-refractivity contribution in [2.75, 3.05) is 5.75 Å². The van der Waals surface area contributed by atoms with Gasteiger partial charge in [-0.1, -0.05) is 25.5 Å². The topological polar surface area (TPSA) is 35.2 Å². The highest BCUT2D eigenvalue weighted by Gasteiger charge is 2.24. The first kappa shape index (κ1) is 10.8. The molecule has 1 aliphatic heterocycles. The molecular weight excluding hydrogens is 206 g/mol. The molecule has 0 bridgehead atoms. The van der Waals surface area contributed by atoms with Gasteiger partial charge in [0.05, 0.1) is 0 Å². The number of rotatable bonds is 3. The second-order valence-corrected chi connectivity index (χ2v) is 4.93. The van der Waals surface area contributed by atoms with Gasteiger partial charge in [0.25, 0.3) is 0 Å². The highest BCUT2D eigenvalue weighted by molar-refractivity contribution is 7.99. The van der Waals surface area contributed by atoms with Crippen LogP contribution in [0.25, 0.3) is 0 Å². The highest BCUT2D eigenvalue weighted by Crippen LogP contribution is 2.35. The Balaban J connectivity index is 2.05. The maximum Gasteiger partial charge on any atom is 0.133 e. The zero-order valence-electron chi connectivity index (χ0n) is 8.98. The Bertz CT molecular complexity index is 329. The first-order chi connectivity index (χ1) is 7.31. The van der Waals surface area contributed by atoms with Crippen molar-refractivity contribution in [3.8, 4) is 5.75 Å². The number of ether oxygens (including phenoxy) is 1. The molecule has 15 heavy (non-hydrogen) atoms. The van der Waals surface area contributed by atoms with E-state index in [0.29, 0.717) is 0 Å². The molecule has 2 nitrogen and oxygen atoms in total. The van der Waals surface area contributed by atoms with Crippen LogP contribution in [0.4, 0.5) is 0 Å². The summed E-state index contributed by atoms with van der Waals surface area (Å²) in [6, 6.07) is 8.33. The van der Waals surface area contributed by atoms with E-state index in [1.807, 2.05) is 30.0 Å². The van der Waals surface area contributed by atoms with Crippen LogP contribution in [-0.4, -0.2) is 17.9 Å². The number of fused-ring (bicyclic) bond motifs is 1. The highest BCUT2D eigenvalue weighted by atomic mass is 32.2. The maximum atomic E-state index is 6.08. The molecule has 0 saturated carbocycles. The lowest BCUT2D eigenvalue weighted by atomic mass is 10.1. The predicted octanol–water partition coefficient (Wildman–Crippen LogP) is 2.67. The summed E-state index contributed by atoms with van der Waals surface area (Å²) in [5.74, 6) is 1.96. The lowest BCUT2D eigenvalue weighted by molar-refractivity contribution is 0.179. The minimum atomic E-state index is 0.163. The Morgan fingerprint density at radius 3 is 3.13 bits per heavy atom. The van der Waals surface area contributed by atoms with Gasteiger partial charge in [0.15, 0.2) is 0 Å². The molecule has 2 N–H and O–H groups in total. The molecule has 82 valence electrons. The van der Waals surface area contributed by atoms with Crippen molar-refractivity contribution in [2.24, 2.45) is 5.73 Å². The molecule has 2 rings (SSSR count). The van der Waals surface area contributed by atoms with Gasteiger partial charge in [-0.05, 0) is 18.6 Å². The third-order valence-electron chi connectivity index (χ3n) is 2.63. The van der Waals surface area contributed by atoms with Crippen LogP contribution in [0.1, 0.15) is 19.8 Å². The maximum absolute atomic E-state index is 6.08. The van der Waals surface area contributed by atoms with Crippen LogP contribution in [0.3, 0.4) is 0 Å². The number of hydrogen-bond donors (Lipinski definition) is 1. The monoisotopic (exact) mass is 223 g/mol. The average Bonchev–Trinajstić information content (AvgIpc) is 2.29. The van der Waals surface area contributed by atoms with Crippen LogP contribution in [0.5, 0.6) is 5.75 Å². The van der Waals surface area contributed by atoms with Crippen LogP contribution in [0.15, 0.2) is 29.2 Å². The Kier molecular flexibility index (Phi) is 3.54. The molecule has 1 unspecified atom stereocenters. The molecule has 0 aromatic heterocycles. The van der Waals surface area contributed by atoms with Crippen molar-refractivity contribution in [3.05, 3.63) is 24.3 Å². The fraction of sp³-hybridized carbons (Fsp3) is 0.500. The molecule has 0 radical (unpaired) electrons. The van der Waals surface area contributed by atoms with Crippen molar-refractivity contribution in [1.29, 1.82) is 0 Å². The van der Waals surface area contributed by atoms with E-state index in [4.69, 9.17) is 10.5 Å². The standard InChI is InChI=1S/C12H17NOS/c1-2-5-9(13)11-8-15-12-7-4-3-6-10(12)14-11/h3-4,6-7,9,11H,2,5,8,13H2,1H3/t9-,11?/m0/s1. The summed E-state index contributed by atoms with van der Waals surface area (Å²) in [5.41, 5.74) is 6.08. The van der Waals surface area contributed by atoms with E-state index in [1.165, 1.54) is 4.90 Å². The number of nitrogens with two attached hydrogens (primary N) is 1. The molecule has 1 heterocycles. The Hall–Kier alpha value is -0.670. The van der Waals surface area contributed by atoms with Gasteiger partial charge in [-0.15, -0.1) is 11.8 Å². The van der Waals surface area contributed by atoms with E-state index in [0.717, 1.165) is 24.3 Å². The van der Waals surface area contributed by atoms with Crippen molar-refractivity contribution in [1.82, 2.24) is 0 Å². The first-order valence-electron chi connectivity index (χ1n) is 5.45. The zero-order chi connectivity index (χ0) is 10.7. The molecule has 0 saturated heterocycles. The summed E-state index contributed by atoms with van der Waals surface area (Å²) in [4.78, 5) is 1.23. The fourth-order valence-electron chi connectivity index (χ4n) is 1.77. The SMILES string of the molecule is CCC[C@H](N)C1CSc2ccccc2O1. The number of thioether (sulfide) groups is 1. The van der Waals surface area contributed by atoms with Crippen molar-refractivity contribution < 1.29 is 4.74 Å². The summed E-state index contributed by atoms with van der Waals surface area (Å²) in [7, 11) is 0. The summed E-state index contributed by atoms with van der Waals surface area (Å²) >= 11 is 1.85. The van der Waals surface area contributed by atoms with Crippen LogP contribution < -0.4 is 10.5 Å². The van der Waals surface area contributed by atoms with Gasteiger partial charge in [0.1, 0.15) is 11.9 Å². The van der Waals surface area contributed by atoms with Gasteiger partial charge < -0.3 is 10.5 Å². The average molecular weight is 223 g/mol. The van der Waals surface area contributed by atoms with Crippen LogP contribution in [-0.2, 0) is 0 Å². The van der Waals surface area contributed by atoms with Gasteiger partial charge in [-0.25, -0.2) is 0 Å². The van der Waals surface area contributed by atoms with E-state index in [2.05, 4.69) is 13.0 Å².